The number of rotatable bonds is 6. The van der Waals surface area contributed by atoms with Crippen LogP contribution in [0.1, 0.15) is 32.6 Å². The fourth-order valence-corrected chi connectivity index (χ4v) is 5.34. The van der Waals surface area contributed by atoms with E-state index in [-0.39, 0.29) is 34.8 Å². The first-order chi connectivity index (χ1) is 11.7. The number of hydrogen-bond acceptors (Lipinski definition) is 5. The van der Waals surface area contributed by atoms with Crippen LogP contribution in [0.3, 0.4) is 0 Å². The molecule has 0 saturated carbocycles. The maximum atomic E-state index is 14.1. The largest absolute Gasteiger partial charge is 0.311 e. The zero-order valence-corrected chi connectivity index (χ0v) is 16.7. The van der Waals surface area contributed by atoms with Gasteiger partial charge in [0.2, 0.25) is 20.0 Å². The van der Waals surface area contributed by atoms with Crippen molar-refractivity contribution in [2.45, 2.75) is 55.6 Å². The van der Waals surface area contributed by atoms with Gasteiger partial charge in [0.25, 0.3) is 0 Å². The molecule has 3 N–H and O–H groups in total. The van der Waals surface area contributed by atoms with Gasteiger partial charge in [0.1, 0.15) is 5.82 Å². The summed E-state index contributed by atoms with van der Waals surface area (Å²) in [6, 6.07) is 3.65. The number of hydrogen-bond donors (Lipinski definition) is 3. The van der Waals surface area contributed by atoms with E-state index in [0.717, 1.165) is 25.0 Å². The van der Waals surface area contributed by atoms with Crippen molar-refractivity contribution in [2.24, 2.45) is 0 Å². The second-order valence-electron chi connectivity index (χ2n) is 6.57. The van der Waals surface area contributed by atoms with E-state index < -0.39 is 25.9 Å². The highest BCUT2D eigenvalue weighted by atomic mass is 35.5. The minimum atomic E-state index is -3.86. The van der Waals surface area contributed by atoms with Gasteiger partial charge in [0, 0.05) is 18.1 Å². The van der Waals surface area contributed by atoms with Gasteiger partial charge in [0.15, 0.2) is 0 Å². The third-order valence-corrected chi connectivity index (χ3v) is 7.50. The molecule has 3 rings (SSSR count). The number of sulfonamides is 2. The van der Waals surface area contributed by atoms with Gasteiger partial charge in [-0.05, 0) is 50.8 Å². The normalized spacial score (nSPS) is 25.5. The Kier molecular flexibility index (Phi) is 6.55. The molecule has 2 fully saturated rings. The number of nitrogens with one attached hydrogen (secondary N) is 3. The molecule has 2 heterocycles. The van der Waals surface area contributed by atoms with Crippen LogP contribution in [0, 0.1) is 5.82 Å². The monoisotopic (exact) mass is 427 g/mol. The summed E-state index contributed by atoms with van der Waals surface area (Å²) in [5.41, 5.74) is -0.263. The van der Waals surface area contributed by atoms with E-state index in [1.165, 1.54) is 13.0 Å². The predicted molar refractivity (Wildman–Crippen MR) is 100 cm³/mol. The number of fused-ring (bicyclic) bond motifs is 2. The predicted octanol–water partition coefficient (Wildman–Crippen LogP) is 1.57. The van der Waals surface area contributed by atoms with Gasteiger partial charge < -0.3 is 5.32 Å². The summed E-state index contributed by atoms with van der Waals surface area (Å²) in [5, 5.41) is 3.43. The fourth-order valence-electron chi connectivity index (χ4n) is 3.43. The van der Waals surface area contributed by atoms with Crippen molar-refractivity contribution in [1.29, 1.82) is 0 Å². The summed E-state index contributed by atoms with van der Waals surface area (Å²) in [6.45, 7) is 1.43. The molecule has 0 amide bonds. The van der Waals surface area contributed by atoms with Crippen LogP contribution in [0.2, 0.25) is 0 Å². The molecule has 7 nitrogen and oxygen atoms in total. The van der Waals surface area contributed by atoms with E-state index in [1.807, 2.05) is 0 Å². The third-order valence-electron chi connectivity index (χ3n) is 4.69. The quantitative estimate of drug-likeness (QED) is 0.639. The van der Waals surface area contributed by atoms with Crippen molar-refractivity contribution in [3.63, 3.8) is 0 Å². The minimum absolute atomic E-state index is 0. The summed E-state index contributed by atoms with van der Waals surface area (Å²) in [6.07, 6.45) is 3.52. The Morgan fingerprint density at radius 3 is 2.31 bits per heavy atom. The van der Waals surface area contributed by atoms with Gasteiger partial charge in [-0.2, -0.15) is 0 Å². The second-order valence-corrected chi connectivity index (χ2v) is 10.3. The summed E-state index contributed by atoms with van der Waals surface area (Å²) in [4.78, 5) is -0.213. The van der Waals surface area contributed by atoms with Gasteiger partial charge in [-0.15, -0.1) is 12.4 Å². The van der Waals surface area contributed by atoms with Crippen LogP contribution >= 0.6 is 12.4 Å². The van der Waals surface area contributed by atoms with Crippen molar-refractivity contribution in [3.05, 3.63) is 24.0 Å². The van der Waals surface area contributed by atoms with Crippen LogP contribution in [0.15, 0.2) is 23.1 Å². The lowest BCUT2D eigenvalue weighted by Crippen LogP contribution is -2.47. The Balaban J connectivity index is 0.00000243. The number of anilines is 1. The Morgan fingerprint density at radius 2 is 1.77 bits per heavy atom. The first-order valence-corrected chi connectivity index (χ1v) is 11.4. The number of benzene rings is 1. The van der Waals surface area contributed by atoms with E-state index in [0.29, 0.717) is 24.9 Å². The van der Waals surface area contributed by atoms with Gasteiger partial charge in [-0.25, -0.2) is 25.9 Å². The van der Waals surface area contributed by atoms with Gasteiger partial charge in [-0.1, -0.05) is 0 Å². The SMILES string of the molecule is CCS(=O)(=O)Nc1ccc(S(=O)(=O)NC2CC3CCC(C2)N3)cc1F.Cl. The van der Waals surface area contributed by atoms with Gasteiger partial charge >= 0.3 is 0 Å². The Bertz CT molecular complexity index is 852. The highest BCUT2D eigenvalue weighted by Gasteiger charge is 2.35. The topological polar surface area (TPSA) is 104 Å². The van der Waals surface area contributed by atoms with E-state index in [2.05, 4.69) is 14.8 Å². The van der Waals surface area contributed by atoms with Crippen molar-refractivity contribution in [2.75, 3.05) is 10.5 Å². The molecule has 0 radical (unpaired) electrons. The summed E-state index contributed by atoms with van der Waals surface area (Å²) in [5.74, 6) is -1.13. The average Bonchev–Trinajstić information content (AvgIpc) is 2.87. The smallest absolute Gasteiger partial charge is 0.240 e. The van der Waals surface area contributed by atoms with Crippen LogP contribution in [0.25, 0.3) is 0 Å². The first-order valence-electron chi connectivity index (χ1n) is 8.27. The van der Waals surface area contributed by atoms with E-state index in [4.69, 9.17) is 0 Å². The molecule has 2 saturated heterocycles. The Labute approximate surface area is 159 Å². The molecule has 1 aromatic carbocycles. The average molecular weight is 428 g/mol. The molecule has 2 bridgehead atoms. The van der Waals surface area contributed by atoms with Crippen LogP contribution in [-0.4, -0.2) is 40.7 Å². The molecule has 2 aliphatic heterocycles. The van der Waals surface area contributed by atoms with E-state index in [9.17, 15) is 21.2 Å². The van der Waals surface area contributed by atoms with E-state index in [1.54, 1.807) is 0 Å². The molecule has 2 unspecified atom stereocenters. The van der Waals surface area contributed by atoms with Crippen LogP contribution < -0.4 is 14.8 Å². The van der Waals surface area contributed by atoms with Crippen LogP contribution in [-0.2, 0) is 20.0 Å². The summed E-state index contributed by atoms with van der Waals surface area (Å²) >= 11 is 0. The lowest BCUT2D eigenvalue weighted by molar-refractivity contribution is 0.345. The second kappa shape index (κ2) is 7.97. The van der Waals surface area contributed by atoms with Crippen molar-refractivity contribution >= 4 is 38.1 Å². The van der Waals surface area contributed by atoms with Crippen molar-refractivity contribution < 1.29 is 21.2 Å². The molecule has 26 heavy (non-hydrogen) atoms. The maximum Gasteiger partial charge on any atom is 0.240 e. The maximum absolute atomic E-state index is 14.1. The van der Waals surface area contributed by atoms with Crippen LogP contribution in [0.5, 0.6) is 0 Å². The fraction of sp³-hybridized carbons (Fsp3) is 0.600. The van der Waals surface area contributed by atoms with Gasteiger partial charge in [0.05, 0.1) is 16.3 Å². The zero-order valence-electron chi connectivity index (χ0n) is 14.2. The molecular formula is C15H23ClFN3O4S2. The van der Waals surface area contributed by atoms with E-state index >= 15 is 0 Å². The van der Waals surface area contributed by atoms with Crippen molar-refractivity contribution in [3.8, 4) is 0 Å². The molecular weight excluding hydrogens is 405 g/mol. The van der Waals surface area contributed by atoms with Crippen LogP contribution in [0.4, 0.5) is 10.1 Å². The molecule has 148 valence electrons. The lowest BCUT2D eigenvalue weighted by Gasteiger charge is -2.29. The minimum Gasteiger partial charge on any atom is -0.311 e. The third kappa shape index (κ3) is 4.86. The van der Waals surface area contributed by atoms with Crippen molar-refractivity contribution in [1.82, 2.24) is 10.0 Å². The summed E-state index contributed by atoms with van der Waals surface area (Å²) < 4.78 is 66.9. The molecule has 11 heteroatoms. The molecule has 2 aliphatic rings. The Hall–Kier alpha value is -0.940. The van der Waals surface area contributed by atoms with Gasteiger partial charge in [-0.3, -0.25) is 4.72 Å². The molecule has 0 aliphatic carbocycles. The molecule has 0 aromatic heterocycles. The summed E-state index contributed by atoms with van der Waals surface area (Å²) in [7, 11) is -7.50. The first kappa shape index (κ1) is 21.4. The number of halogens is 2. The Morgan fingerprint density at radius 1 is 1.15 bits per heavy atom. The molecule has 1 aromatic rings. The lowest BCUT2D eigenvalue weighted by atomic mass is 10.0. The zero-order chi connectivity index (χ0) is 18.2. The standard InChI is InChI=1S/C15H22FN3O4S2.ClH/c1-2-24(20,21)19-15-6-5-13(9-14(15)16)25(22,23)18-12-7-10-3-4-11(8-12)17-10;/h5-6,9-12,17-19H,2-4,7-8H2,1H3;1H. The highest BCUT2D eigenvalue weighted by Crippen LogP contribution is 2.28. The highest BCUT2D eigenvalue weighted by molar-refractivity contribution is 7.92. The number of piperidine rings is 1. The molecule has 2 atom stereocenters. The molecule has 0 spiro atoms.